The van der Waals surface area contributed by atoms with Crippen molar-refractivity contribution in [1.29, 1.82) is 0 Å². The van der Waals surface area contributed by atoms with Gasteiger partial charge in [-0.1, -0.05) is 19.8 Å². The normalized spacial score (nSPS) is 43.7. The molecule has 0 radical (unpaired) electrons. The van der Waals surface area contributed by atoms with Gasteiger partial charge in [-0.3, -0.25) is 0 Å². The van der Waals surface area contributed by atoms with Crippen LogP contribution in [0.4, 0.5) is 0 Å². The third-order valence-corrected chi connectivity index (χ3v) is 2.69. The Morgan fingerprint density at radius 2 is 2.33 bits per heavy atom. The molecule has 2 N–H and O–H groups in total. The average Bonchev–Trinajstić information content (AvgIpc) is 2.08. The van der Waals surface area contributed by atoms with Crippen LogP contribution in [0.5, 0.6) is 0 Å². The van der Waals surface area contributed by atoms with Gasteiger partial charge in [-0.2, -0.15) is 0 Å². The molecule has 0 saturated heterocycles. The van der Waals surface area contributed by atoms with Crippen molar-refractivity contribution in [3.63, 3.8) is 0 Å². The molecule has 1 heteroatoms. The molecule has 0 heterocycles. The van der Waals surface area contributed by atoms with E-state index in [0.717, 1.165) is 5.92 Å². The summed E-state index contributed by atoms with van der Waals surface area (Å²) in [6.45, 7) is 4.43. The number of hydrogen-bond donors (Lipinski definition) is 1. The van der Waals surface area contributed by atoms with Crippen molar-refractivity contribution < 1.29 is 0 Å². The van der Waals surface area contributed by atoms with E-state index < -0.39 is 0 Å². The molecular weight excluding hydrogens is 110 g/mol. The molecule has 0 aromatic carbocycles. The largest absolute Gasteiger partial charge is 0.325 e. The lowest BCUT2D eigenvalue weighted by molar-refractivity contribution is 0.337. The maximum absolute atomic E-state index is 6.03. The summed E-state index contributed by atoms with van der Waals surface area (Å²) in [4.78, 5) is 0. The molecule has 0 aromatic heterocycles. The van der Waals surface area contributed by atoms with Gasteiger partial charge in [0.05, 0.1) is 0 Å². The van der Waals surface area contributed by atoms with Crippen LogP contribution in [0.1, 0.15) is 39.5 Å². The summed E-state index contributed by atoms with van der Waals surface area (Å²) in [5, 5.41) is 0. The van der Waals surface area contributed by atoms with Crippen LogP contribution < -0.4 is 5.73 Å². The average molecular weight is 127 g/mol. The smallest absolute Gasteiger partial charge is 0.0154 e. The first-order chi connectivity index (χ1) is 4.17. The Morgan fingerprint density at radius 3 is 2.56 bits per heavy atom. The van der Waals surface area contributed by atoms with Gasteiger partial charge in [0, 0.05) is 5.54 Å². The molecule has 0 aliphatic heterocycles. The molecule has 1 rings (SSSR count). The minimum absolute atomic E-state index is 0.161. The minimum Gasteiger partial charge on any atom is -0.325 e. The van der Waals surface area contributed by atoms with Gasteiger partial charge >= 0.3 is 0 Å². The first kappa shape index (κ1) is 7.07. The zero-order chi connectivity index (χ0) is 6.91. The number of hydrogen-bond acceptors (Lipinski definition) is 1. The van der Waals surface area contributed by atoms with E-state index in [1.54, 1.807) is 0 Å². The summed E-state index contributed by atoms with van der Waals surface area (Å²) in [7, 11) is 0. The molecule has 2 atom stereocenters. The highest BCUT2D eigenvalue weighted by Gasteiger charge is 2.33. The van der Waals surface area contributed by atoms with Crippen molar-refractivity contribution in [3.05, 3.63) is 0 Å². The van der Waals surface area contributed by atoms with E-state index in [0.29, 0.717) is 0 Å². The van der Waals surface area contributed by atoms with E-state index in [4.69, 9.17) is 5.73 Å². The predicted molar refractivity (Wildman–Crippen MR) is 40.2 cm³/mol. The van der Waals surface area contributed by atoms with Crippen LogP contribution in [0.2, 0.25) is 0 Å². The predicted octanol–water partition coefficient (Wildman–Crippen LogP) is 1.91. The highest BCUT2D eigenvalue weighted by Crippen LogP contribution is 2.34. The Labute approximate surface area is 57.6 Å². The number of rotatable bonds is 1. The summed E-state index contributed by atoms with van der Waals surface area (Å²) in [6, 6.07) is 0. The minimum atomic E-state index is 0.161. The fourth-order valence-corrected chi connectivity index (χ4v) is 1.93. The Morgan fingerprint density at radius 1 is 1.67 bits per heavy atom. The molecule has 1 aliphatic carbocycles. The van der Waals surface area contributed by atoms with Crippen molar-refractivity contribution in [2.24, 2.45) is 11.7 Å². The van der Waals surface area contributed by atoms with E-state index in [1.165, 1.54) is 25.7 Å². The van der Waals surface area contributed by atoms with Crippen molar-refractivity contribution in [1.82, 2.24) is 0 Å². The summed E-state index contributed by atoms with van der Waals surface area (Å²) < 4.78 is 0. The van der Waals surface area contributed by atoms with Crippen LogP contribution >= 0.6 is 0 Å². The SMILES string of the molecule is CC[C@@H]1CCC[C@]1(C)N. The third-order valence-electron chi connectivity index (χ3n) is 2.69. The van der Waals surface area contributed by atoms with Crippen LogP contribution in [0.15, 0.2) is 0 Å². The topological polar surface area (TPSA) is 26.0 Å². The van der Waals surface area contributed by atoms with Crippen molar-refractivity contribution >= 4 is 0 Å². The molecule has 0 unspecified atom stereocenters. The van der Waals surface area contributed by atoms with E-state index in [9.17, 15) is 0 Å². The number of nitrogens with two attached hydrogens (primary N) is 1. The van der Waals surface area contributed by atoms with Crippen LogP contribution in [-0.4, -0.2) is 5.54 Å². The molecule has 0 aromatic rings. The van der Waals surface area contributed by atoms with Gasteiger partial charge < -0.3 is 5.73 Å². The Balaban J connectivity index is 2.52. The maximum Gasteiger partial charge on any atom is 0.0154 e. The summed E-state index contributed by atoms with van der Waals surface area (Å²) in [6.07, 6.45) is 5.17. The second-order valence-corrected chi connectivity index (χ2v) is 3.50. The van der Waals surface area contributed by atoms with Crippen molar-refractivity contribution in [2.45, 2.75) is 45.1 Å². The van der Waals surface area contributed by atoms with Crippen molar-refractivity contribution in [2.75, 3.05) is 0 Å². The van der Waals surface area contributed by atoms with Crippen LogP contribution in [-0.2, 0) is 0 Å². The van der Waals surface area contributed by atoms with E-state index in [-0.39, 0.29) is 5.54 Å². The fraction of sp³-hybridized carbons (Fsp3) is 1.00. The Bertz CT molecular complexity index is 96.7. The second kappa shape index (κ2) is 2.30. The lowest BCUT2D eigenvalue weighted by Crippen LogP contribution is -2.39. The van der Waals surface area contributed by atoms with Gasteiger partial charge in [0.1, 0.15) is 0 Å². The van der Waals surface area contributed by atoms with Gasteiger partial charge in [0.15, 0.2) is 0 Å². The zero-order valence-electron chi connectivity index (χ0n) is 6.48. The fourth-order valence-electron chi connectivity index (χ4n) is 1.93. The van der Waals surface area contributed by atoms with Gasteiger partial charge in [0.2, 0.25) is 0 Å². The quantitative estimate of drug-likeness (QED) is 0.572. The van der Waals surface area contributed by atoms with Crippen LogP contribution in [0, 0.1) is 5.92 Å². The molecule has 9 heavy (non-hydrogen) atoms. The summed E-state index contributed by atoms with van der Waals surface area (Å²) in [5.74, 6) is 0.789. The maximum atomic E-state index is 6.03. The standard InChI is InChI=1S/C8H17N/c1-3-7-5-4-6-8(7,2)9/h7H,3-6,9H2,1-2H3/t7-,8+/m1/s1. The van der Waals surface area contributed by atoms with Crippen LogP contribution in [0.3, 0.4) is 0 Å². The van der Waals surface area contributed by atoms with E-state index in [1.807, 2.05) is 0 Å². The summed E-state index contributed by atoms with van der Waals surface area (Å²) >= 11 is 0. The van der Waals surface area contributed by atoms with Gasteiger partial charge in [-0.05, 0) is 25.7 Å². The molecule has 1 aliphatic rings. The molecular formula is C8H17N. The Hall–Kier alpha value is -0.0400. The first-order valence-electron chi connectivity index (χ1n) is 3.95. The highest BCUT2D eigenvalue weighted by molar-refractivity contribution is 4.91. The van der Waals surface area contributed by atoms with E-state index >= 15 is 0 Å². The molecule has 1 nitrogen and oxygen atoms in total. The third kappa shape index (κ3) is 1.26. The molecule has 0 amide bonds. The first-order valence-corrected chi connectivity index (χ1v) is 3.95. The van der Waals surface area contributed by atoms with Gasteiger partial charge in [-0.15, -0.1) is 0 Å². The lowest BCUT2D eigenvalue weighted by Gasteiger charge is -2.25. The summed E-state index contributed by atoms with van der Waals surface area (Å²) in [5.41, 5.74) is 6.19. The van der Waals surface area contributed by atoms with Crippen LogP contribution in [0.25, 0.3) is 0 Å². The second-order valence-electron chi connectivity index (χ2n) is 3.50. The van der Waals surface area contributed by atoms with Gasteiger partial charge in [0.25, 0.3) is 0 Å². The van der Waals surface area contributed by atoms with Crippen molar-refractivity contribution in [3.8, 4) is 0 Å². The molecule has 0 bridgehead atoms. The van der Waals surface area contributed by atoms with E-state index in [2.05, 4.69) is 13.8 Å². The monoisotopic (exact) mass is 127 g/mol. The van der Waals surface area contributed by atoms with Gasteiger partial charge in [-0.25, -0.2) is 0 Å². The molecule has 1 saturated carbocycles. The lowest BCUT2D eigenvalue weighted by atomic mass is 9.88. The zero-order valence-corrected chi connectivity index (χ0v) is 6.48. The molecule has 1 fully saturated rings. The Kier molecular flexibility index (Phi) is 1.80. The molecule has 54 valence electrons. The highest BCUT2D eigenvalue weighted by atomic mass is 14.8. The molecule has 0 spiro atoms.